The zero-order chi connectivity index (χ0) is 37.5. The lowest BCUT2D eigenvalue weighted by atomic mass is 9.98. The summed E-state index contributed by atoms with van der Waals surface area (Å²) in [6.45, 7) is -1.78. The molecule has 276 valence electrons. The van der Waals surface area contributed by atoms with Crippen molar-refractivity contribution in [2.75, 3.05) is 26.4 Å². The first-order valence-corrected chi connectivity index (χ1v) is 17.6. The lowest BCUT2D eigenvalue weighted by molar-refractivity contribution is -0.145. The molecule has 54 heavy (non-hydrogen) atoms. The number of hydrogen-bond donors (Lipinski definition) is 4. The van der Waals surface area contributed by atoms with Crippen LogP contribution in [0.25, 0.3) is 22.3 Å². The summed E-state index contributed by atoms with van der Waals surface area (Å²) in [4.78, 5) is 56.7. The van der Waals surface area contributed by atoms with Crippen molar-refractivity contribution in [1.82, 2.24) is 14.5 Å². The predicted molar refractivity (Wildman–Crippen MR) is 194 cm³/mol. The molecule has 4 N–H and O–H groups in total. The van der Waals surface area contributed by atoms with Crippen LogP contribution in [0, 0.1) is 0 Å². The maximum absolute atomic E-state index is 13.9. The summed E-state index contributed by atoms with van der Waals surface area (Å²) < 4.78 is 18.0. The Bertz CT molecular complexity index is 2260. The van der Waals surface area contributed by atoms with E-state index in [4.69, 9.17) is 14.2 Å². The van der Waals surface area contributed by atoms with E-state index < -0.39 is 67.5 Å². The summed E-state index contributed by atoms with van der Waals surface area (Å²) >= 11 is 0. The first kappa shape index (κ1) is 35.2. The van der Waals surface area contributed by atoms with E-state index in [0.29, 0.717) is 0 Å². The smallest absolute Gasteiger partial charge is 0.410 e. The van der Waals surface area contributed by atoms with Gasteiger partial charge in [-0.2, -0.15) is 0 Å². The Hall–Kier alpha value is -5.86. The molecule has 2 heterocycles. The normalized spacial score (nSPS) is 19.8. The molecular weight excluding hydrogens is 694 g/mol. The monoisotopic (exact) mass is 731 g/mol. The third-order valence-corrected chi connectivity index (χ3v) is 10.5. The van der Waals surface area contributed by atoms with E-state index in [1.807, 2.05) is 97.1 Å². The molecule has 3 aliphatic rings. The molecule has 13 heteroatoms. The average Bonchev–Trinajstić information content (AvgIpc) is 3.79. The van der Waals surface area contributed by atoms with Gasteiger partial charge in [-0.1, -0.05) is 97.1 Å². The van der Waals surface area contributed by atoms with Gasteiger partial charge in [-0.25, -0.2) is 9.59 Å². The number of benzene rings is 4. The van der Waals surface area contributed by atoms with Crippen molar-refractivity contribution < 1.29 is 39.1 Å². The highest BCUT2D eigenvalue weighted by Gasteiger charge is 2.44. The van der Waals surface area contributed by atoms with E-state index >= 15 is 0 Å². The van der Waals surface area contributed by atoms with Gasteiger partial charge in [0.05, 0.1) is 18.7 Å². The first-order valence-electron chi connectivity index (χ1n) is 17.6. The van der Waals surface area contributed by atoms with Crippen molar-refractivity contribution in [3.63, 3.8) is 0 Å². The predicted octanol–water partition coefficient (Wildman–Crippen LogP) is 3.25. The number of hydrogen-bond acceptors (Lipinski definition) is 10. The second kappa shape index (κ2) is 14.5. The van der Waals surface area contributed by atoms with Gasteiger partial charge in [-0.05, 0) is 44.5 Å². The number of aromatic amines is 1. The van der Waals surface area contributed by atoms with Crippen molar-refractivity contribution in [2.45, 2.75) is 42.9 Å². The van der Waals surface area contributed by atoms with Crippen molar-refractivity contribution >= 4 is 12.1 Å². The minimum Gasteiger partial charge on any atom is -0.463 e. The molecule has 1 fully saturated rings. The average molecular weight is 732 g/mol. The molecule has 2 aliphatic carbocycles. The van der Waals surface area contributed by atoms with Crippen LogP contribution in [0.15, 0.2) is 113 Å². The van der Waals surface area contributed by atoms with E-state index in [2.05, 4.69) is 4.98 Å². The summed E-state index contributed by atoms with van der Waals surface area (Å²) in [6.07, 6.45) is -5.58. The second-order valence-corrected chi connectivity index (χ2v) is 13.6. The minimum atomic E-state index is -1.61. The Morgan fingerprint density at radius 3 is 1.69 bits per heavy atom. The van der Waals surface area contributed by atoms with Crippen LogP contribution in [-0.4, -0.2) is 86.5 Å². The SMILES string of the molecule is O=C(CN(Cc1cn([C@@H]2O[C@H](CO)[C@@H](O)[C@H]2O)c(=O)[nH]c1=O)C(=O)OCC1c2ccccc2-c2ccccc21)OCC1c2ccccc2-c2ccccc21. The molecule has 1 saturated heterocycles. The zero-order valence-electron chi connectivity index (χ0n) is 28.9. The number of rotatable bonds is 10. The number of nitrogens with one attached hydrogen (secondary N) is 1. The van der Waals surface area contributed by atoms with Gasteiger partial charge in [0.1, 0.15) is 38.1 Å². The Morgan fingerprint density at radius 2 is 1.20 bits per heavy atom. The van der Waals surface area contributed by atoms with Gasteiger partial charge >= 0.3 is 17.8 Å². The summed E-state index contributed by atoms with van der Waals surface area (Å²) in [5.74, 6) is -1.26. The summed E-state index contributed by atoms with van der Waals surface area (Å²) in [7, 11) is 0. The second-order valence-electron chi connectivity index (χ2n) is 13.6. The van der Waals surface area contributed by atoms with E-state index in [1.54, 1.807) is 0 Å². The van der Waals surface area contributed by atoms with E-state index in [-0.39, 0.29) is 30.6 Å². The zero-order valence-corrected chi connectivity index (χ0v) is 28.9. The van der Waals surface area contributed by atoms with Gasteiger partial charge in [0, 0.05) is 18.0 Å². The molecule has 0 radical (unpaired) electrons. The molecule has 13 nitrogen and oxygen atoms in total. The van der Waals surface area contributed by atoms with Gasteiger partial charge in [0.15, 0.2) is 6.23 Å². The topological polar surface area (TPSA) is 181 Å². The number of carbonyl (C=O) groups excluding carboxylic acids is 2. The quantitative estimate of drug-likeness (QED) is 0.156. The lowest BCUT2D eigenvalue weighted by Gasteiger charge is -2.24. The molecule has 0 unspecified atom stereocenters. The van der Waals surface area contributed by atoms with Crippen molar-refractivity contribution in [3.05, 3.63) is 152 Å². The van der Waals surface area contributed by atoms with Crippen LogP contribution >= 0.6 is 0 Å². The number of carbonyl (C=O) groups is 2. The maximum atomic E-state index is 13.9. The van der Waals surface area contributed by atoms with Crippen LogP contribution in [0.5, 0.6) is 0 Å². The third kappa shape index (κ3) is 6.30. The summed E-state index contributed by atoms with van der Waals surface area (Å²) in [5, 5.41) is 30.4. The van der Waals surface area contributed by atoms with Gasteiger partial charge in [-0.3, -0.25) is 24.0 Å². The molecule has 0 bridgehead atoms. The van der Waals surface area contributed by atoms with E-state index in [1.165, 1.54) is 0 Å². The number of esters is 1. The number of nitrogens with zero attached hydrogens (tertiary/aromatic N) is 2. The first-order chi connectivity index (χ1) is 26.2. The van der Waals surface area contributed by atoms with Crippen molar-refractivity contribution in [3.8, 4) is 22.3 Å². The molecule has 1 amide bonds. The van der Waals surface area contributed by atoms with Gasteiger partial charge in [-0.15, -0.1) is 0 Å². The molecule has 8 rings (SSSR count). The van der Waals surface area contributed by atoms with E-state index in [0.717, 1.165) is 60.2 Å². The third-order valence-electron chi connectivity index (χ3n) is 10.5. The Labute approximate surface area is 308 Å². The number of amides is 1. The summed E-state index contributed by atoms with van der Waals surface area (Å²) in [5.41, 5.74) is 6.20. The number of aliphatic hydroxyl groups is 3. The van der Waals surface area contributed by atoms with Gasteiger partial charge < -0.3 is 29.5 Å². The fraction of sp³-hybridized carbons (Fsp3) is 0.268. The highest BCUT2D eigenvalue weighted by atomic mass is 16.6. The van der Waals surface area contributed by atoms with Gasteiger partial charge in [0.2, 0.25) is 0 Å². The number of ether oxygens (including phenoxy) is 3. The Kier molecular flexibility index (Phi) is 9.46. The Morgan fingerprint density at radius 1 is 0.722 bits per heavy atom. The number of fused-ring (bicyclic) bond motifs is 6. The van der Waals surface area contributed by atoms with Crippen LogP contribution in [0.3, 0.4) is 0 Å². The fourth-order valence-corrected chi connectivity index (χ4v) is 7.83. The molecule has 1 aliphatic heterocycles. The molecule has 5 aromatic rings. The van der Waals surface area contributed by atoms with Gasteiger partial charge in [0.25, 0.3) is 5.56 Å². The highest BCUT2D eigenvalue weighted by molar-refractivity contribution is 5.81. The van der Waals surface area contributed by atoms with Crippen molar-refractivity contribution in [1.29, 1.82) is 0 Å². The van der Waals surface area contributed by atoms with Crippen LogP contribution < -0.4 is 11.2 Å². The molecular formula is C41H37N3O10. The minimum absolute atomic E-state index is 0.00209. The van der Waals surface area contributed by atoms with Crippen LogP contribution in [0.1, 0.15) is 45.9 Å². The highest BCUT2D eigenvalue weighted by Crippen LogP contribution is 2.45. The lowest BCUT2D eigenvalue weighted by Crippen LogP contribution is -2.42. The molecule has 4 atom stereocenters. The molecule has 4 aromatic carbocycles. The van der Waals surface area contributed by atoms with Crippen LogP contribution in [-0.2, 0) is 25.5 Å². The molecule has 0 spiro atoms. The standard InChI is InChI=1S/C41H37N3O10/c45-20-34-36(47)37(48)39(54-34)44-18-23(38(49)42-40(44)50)17-43(41(51)53-22-33-30-15-7-3-11-26(30)27-12-4-8-16-31(27)33)19-35(46)52-21-32-28-13-5-1-9-24(28)25-10-2-6-14-29(25)32/h1-16,18,32-34,36-37,39,45,47-48H,17,19-22H2,(H,42,49,50)/t34-,36-,37-,39-/m1/s1. The molecule has 1 aromatic heterocycles. The van der Waals surface area contributed by atoms with Crippen molar-refractivity contribution in [2.24, 2.45) is 0 Å². The number of aromatic nitrogens is 2. The van der Waals surface area contributed by atoms with E-state index in [9.17, 15) is 34.5 Å². The van der Waals surface area contributed by atoms with Crippen LogP contribution in [0.2, 0.25) is 0 Å². The molecule has 0 saturated carbocycles. The number of aliphatic hydroxyl groups excluding tert-OH is 3. The fourth-order valence-electron chi connectivity index (χ4n) is 7.83. The largest absolute Gasteiger partial charge is 0.463 e. The Balaban J connectivity index is 1.05. The van der Waals surface area contributed by atoms with Crippen LogP contribution in [0.4, 0.5) is 4.79 Å². The maximum Gasteiger partial charge on any atom is 0.410 e. The summed E-state index contributed by atoms with van der Waals surface area (Å²) in [6, 6.07) is 31.5. The number of H-pyrrole nitrogens is 1.